The topological polar surface area (TPSA) is 72.5 Å². The van der Waals surface area contributed by atoms with Crippen molar-refractivity contribution in [1.29, 1.82) is 0 Å². The van der Waals surface area contributed by atoms with Gasteiger partial charge in [0.25, 0.3) is 0 Å². The van der Waals surface area contributed by atoms with Crippen LogP contribution in [0.3, 0.4) is 0 Å². The Morgan fingerprint density at radius 1 is 1.12 bits per heavy atom. The highest BCUT2D eigenvalue weighted by molar-refractivity contribution is 7.14. The van der Waals surface area contributed by atoms with Gasteiger partial charge in [-0.2, -0.15) is 0 Å². The molecular formula is C19H21NO4S. The van der Waals surface area contributed by atoms with Crippen molar-refractivity contribution in [2.24, 2.45) is 0 Å². The summed E-state index contributed by atoms with van der Waals surface area (Å²) in [6.07, 6.45) is 0.667. The number of hydrogen-bond donors (Lipinski definition) is 1. The first-order chi connectivity index (χ1) is 11.9. The minimum absolute atomic E-state index is 0.0776. The molecular weight excluding hydrogens is 338 g/mol. The maximum Gasteiger partial charge on any atom is 0.338 e. The van der Waals surface area contributed by atoms with Gasteiger partial charge in [-0.25, -0.2) is 4.79 Å². The van der Waals surface area contributed by atoms with Crippen molar-refractivity contribution in [1.82, 2.24) is 5.32 Å². The number of ether oxygens (including phenoxy) is 1. The zero-order chi connectivity index (χ0) is 18.4. The smallest absolute Gasteiger partial charge is 0.338 e. The average molecular weight is 359 g/mol. The summed E-state index contributed by atoms with van der Waals surface area (Å²) in [7, 11) is 0. The van der Waals surface area contributed by atoms with Crippen LogP contribution in [0.1, 0.15) is 43.0 Å². The van der Waals surface area contributed by atoms with Crippen LogP contribution < -0.4 is 5.32 Å². The zero-order valence-corrected chi connectivity index (χ0v) is 15.4. The van der Waals surface area contributed by atoms with Gasteiger partial charge in [0.05, 0.1) is 10.4 Å². The largest absolute Gasteiger partial charge is 0.454 e. The van der Waals surface area contributed by atoms with E-state index in [4.69, 9.17) is 4.74 Å². The summed E-state index contributed by atoms with van der Waals surface area (Å²) in [5.41, 5.74) is 2.37. The molecule has 0 unspecified atom stereocenters. The third-order valence-electron chi connectivity index (χ3n) is 3.62. The molecule has 6 heteroatoms. The predicted octanol–water partition coefficient (Wildman–Crippen LogP) is 3.08. The van der Waals surface area contributed by atoms with Crippen molar-refractivity contribution in [2.75, 3.05) is 13.2 Å². The second-order valence-corrected chi connectivity index (χ2v) is 6.98. The number of esters is 1. The summed E-state index contributed by atoms with van der Waals surface area (Å²) in [5.74, 6) is -0.798. The Hall–Kier alpha value is -2.47. The maximum atomic E-state index is 12.2. The SMILES string of the molecule is CC(=O)NCCc1ccc(C(=O)COC(=O)c2ccc(C)cc2C)s1. The summed E-state index contributed by atoms with van der Waals surface area (Å²) in [5, 5.41) is 2.71. The lowest BCUT2D eigenvalue weighted by Crippen LogP contribution is -2.22. The lowest BCUT2D eigenvalue weighted by atomic mass is 10.1. The highest BCUT2D eigenvalue weighted by Crippen LogP contribution is 2.18. The van der Waals surface area contributed by atoms with E-state index in [1.54, 1.807) is 12.1 Å². The van der Waals surface area contributed by atoms with Crippen molar-refractivity contribution in [2.45, 2.75) is 27.2 Å². The van der Waals surface area contributed by atoms with E-state index in [9.17, 15) is 14.4 Å². The van der Waals surface area contributed by atoms with Gasteiger partial charge >= 0.3 is 5.97 Å². The zero-order valence-electron chi connectivity index (χ0n) is 14.5. The molecule has 0 spiro atoms. The molecule has 0 atom stereocenters. The van der Waals surface area contributed by atoms with Crippen LogP contribution in [0.2, 0.25) is 0 Å². The van der Waals surface area contributed by atoms with Crippen LogP contribution in [0.4, 0.5) is 0 Å². The van der Waals surface area contributed by atoms with Gasteiger partial charge in [0.2, 0.25) is 11.7 Å². The third kappa shape index (κ3) is 5.53. The van der Waals surface area contributed by atoms with E-state index in [1.165, 1.54) is 18.3 Å². The number of benzene rings is 1. The normalized spacial score (nSPS) is 10.4. The first-order valence-corrected chi connectivity index (χ1v) is 8.79. The standard InChI is InChI=1S/C19H21NO4S/c1-12-4-6-16(13(2)10-12)19(23)24-11-17(22)18-7-5-15(25-18)8-9-20-14(3)21/h4-7,10H,8-9,11H2,1-3H3,(H,20,21). The molecule has 0 aliphatic heterocycles. The van der Waals surface area contributed by atoms with E-state index in [0.29, 0.717) is 23.4 Å². The third-order valence-corrected chi connectivity index (χ3v) is 4.80. The van der Waals surface area contributed by atoms with E-state index >= 15 is 0 Å². The first kappa shape index (κ1) is 18.9. The van der Waals surface area contributed by atoms with Crippen LogP contribution in [0.15, 0.2) is 30.3 Å². The summed E-state index contributed by atoms with van der Waals surface area (Å²) in [4.78, 5) is 36.7. The van der Waals surface area contributed by atoms with Crippen LogP contribution >= 0.6 is 11.3 Å². The van der Waals surface area contributed by atoms with Crippen molar-refractivity contribution >= 4 is 29.0 Å². The van der Waals surface area contributed by atoms with Gasteiger partial charge in [-0.1, -0.05) is 17.7 Å². The fraction of sp³-hybridized carbons (Fsp3) is 0.316. The van der Waals surface area contributed by atoms with E-state index in [1.807, 2.05) is 32.0 Å². The molecule has 1 aromatic heterocycles. The van der Waals surface area contributed by atoms with Crippen LogP contribution in [-0.4, -0.2) is 30.8 Å². The maximum absolute atomic E-state index is 12.2. The second kappa shape index (κ2) is 8.58. The number of aryl methyl sites for hydroxylation is 2. The second-order valence-electron chi connectivity index (χ2n) is 5.82. The molecule has 2 aromatic rings. The highest BCUT2D eigenvalue weighted by atomic mass is 32.1. The number of rotatable bonds is 7. The van der Waals surface area contributed by atoms with E-state index in [-0.39, 0.29) is 18.3 Å². The first-order valence-electron chi connectivity index (χ1n) is 7.97. The molecule has 25 heavy (non-hydrogen) atoms. The number of Topliss-reactive ketones (excluding diaryl/α,β-unsaturated/α-hetero) is 1. The van der Waals surface area contributed by atoms with Crippen LogP contribution in [0.5, 0.6) is 0 Å². The molecule has 1 aromatic carbocycles. The number of nitrogens with one attached hydrogen (secondary N) is 1. The molecule has 132 valence electrons. The van der Waals surface area contributed by atoms with Crippen molar-refractivity contribution in [3.8, 4) is 0 Å². The molecule has 0 aliphatic carbocycles. The number of ketones is 1. The Kier molecular flexibility index (Phi) is 6.47. The summed E-state index contributed by atoms with van der Waals surface area (Å²) in [6, 6.07) is 9.03. The Labute approximate surface area is 151 Å². The minimum atomic E-state index is -0.492. The lowest BCUT2D eigenvalue weighted by molar-refractivity contribution is -0.118. The molecule has 1 heterocycles. The Balaban J connectivity index is 1.88. The average Bonchev–Trinajstić information content (AvgIpc) is 3.01. The van der Waals surface area contributed by atoms with Gasteiger partial charge in [0, 0.05) is 18.3 Å². The molecule has 1 amide bonds. The molecule has 2 rings (SSSR count). The molecule has 0 saturated heterocycles. The van der Waals surface area contributed by atoms with Gasteiger partial charge < -0.3 is 10.1 Å². The van der Waals surface area contributed by atoms with Crippen molar-refractivity contribution in [3.63, 3.8) is 0 Å². The Bertz CT molecular complexity index is 794. The predicted molar refractivity (Wildman–Crippen MR) is 97.2 cm³/mol. The summed E-state index contributed by atoms with van der Waals surface area (Å²) < 4.78 is 5.15. The Morgan fingerprint density at radius 3 is 2.56 bits per heavy atom. The van der Waals surface area contributed by atoms with E-state index in [2.05, 4.69) is 5.32 Å². The van der Waals surface area contributed by atoms with E-state index < -0.39 is 5.97 Å². The van der Waals surface area contributed by atoms with Gasteiger partial charge in [-0.3, -0.25) is 9.59 Å². The number of carbonyl (C=O) groups excluding carboxylic acids is 3. The number of amides is 1. The van der Waals surface area contributed by atoms with Crippen LogP contribution in [-0.2, 0) is 16.0 Å². The minimum Gasteiger partial charge on any atom is -0.454 e. The van der Waals surface area contributed by atoms with Crippen molar-refractivity contribution < 1.29 is 19.1 Å². The molecule has 0 fully saturated rings. The molecule has 1 N–H and O–H groups in total. The van der Waals surface area contributed by atoms with Crippen LogP contribution in [0.25, 0.3) is 0 Å². The molecule has 5 nitrogen and oxygen atoms in total. The number of carbonyl (C=O) groups is 3. The molecule has 0 saturated carbocycles. The molecule has 0 bridgehead atoms. The Morgan fingerprint density at radius 2 is 1.88 bits per heavy atom. The fourth-order valence-electron chi connectivity index (χ4n) is 2.35. The summed E-state index contributed by atoms with van der Waals surface area (Å²) in [6.45, 7) is 5.51. The lowest BCUT2D eigenvalue weighted by Gasteiger charge is -2.07. The van der Waals surface area contributed by atoms with Gasteiger partial charge in [-0.15, -0.1) is 11.3 Å². The number of thiophene rings is 1. The van der Waals surface area contributed by atoms with Gasteiger partial charge in [-0.05, 0) is 44.0 Å². The number of hydrogen-bond acceptors (Lipinski definition) is 5. The summed E-state index contributed by atoms with van der Waals surface area (Å²) >= 11 is 1.35. The van der Waals surface area contributed by atoms with Gasteiger partial charge in [0.1, 0.15) is 0 Å². The fourth-order valence-corrected chi connectivity index (χ4v) is 3.28. The molecule has 0 radical (unpaired) electrons. The van der Waals surface area contributed by atoms with E-state index in [0.717, 1.165) is 16.0 Å². The van der Waals surface area contributed by atoms with Crippen LogP contribution in [0, 0.1) is 13.8 Å². The monoisotopic (exact) mass is 359 g/mol. The highest BCUT2D eigenvalue weighted by Gasteiger charge is 2.15. The molecule has 0 aliphatic rings. The van der Waals surface area contributed by atoms with Crippen molar-refractivity contribution in [3.05, 3.63) is 56.8 Å². The quantitative estimate of drug-likeness (QED) is 0.609. The van der Waals surface area contributed by atoms with Gasteiger partial charge in [0.15, 0.2) is 6.61 Å².